The topological polar surface area (TPSA) is 75.7 Å². The molecule has 0 bridgehead atoms. The van der Waals surface area contributed by atoms with Crippen molar-refractivity contribution in [2.75, 3.05) is 6.54 Å². The number of nitrogens with zero attached hydrogens (tertiary/aromatic N) is 1. The third kappa shape index (κ3) is 3.30. The minimum Gasteiger partial charge on any atom is -0.435 e. The molecule has 3 amide bonds. The molecule has 0 aliphatic carbocycles. The Morgan fingerprint density at radius 2 is 1.96 bits per heavy atom. The van der Waals surface area contributed by atoms with Crippen molar-refractivity contribution in [1.29, 1.82) is 0 Å². The summed E-state index contributed by atoms with van der Waals surface area (Å²) in [6.45, 7) is -1.82. The Morgan fingerprint density at radius 1 is 1.27 bits per heavy atom. The number of carbonyl (C=O) groups excluding carboxylic acids is 3. The van der Waals surface area contributed by atoms with Crippen LogP contribution in [0.15, 0.2) is 41.8 Å². The standard InChI is InChI=1S/C17H14F2N2O4S/c1-17(13-3-2-8-26-13)14(23)21(16(24)20-17)9-12(22)10-4-6-11(7-5-10)25-15(18)19/h2-8,15H,9H2,1H3,(H,20,24). The Balaban J connectivity index is 1.73. The lowest BCUT2D eigenvalue weighted by Gasteiger charge is -2.19. The number of benzene rings is 1. The molecule has 0 spiro atoms. The summed E-state index contributed by atoms with van der Waals surface area (Å²) in [5.74, 6) is -1.10. The average Bonchev–Trinajstić information content (AvgIpc) is 3.19. The van der Waals surface area contributed by atoms with Crippen molar-refractivity contribution in [3.8, 4) is 5.75 Å². The van der Waals surface area contributed by atoms with Gasteiger partial charge in [0, 0.05) is 10.4 Å². The highest BCUT2D eigenvalue weighted by Gasteiger charge is 2.50. The lowest BCUT2D eigenvalue weighted by molar-refractivity contribution is -0.130. The van der Waals surface area contributed by atoms with E-state index < -0.39 is 36.4 Å². The van der Waals surface area contributed by atoms with E-state index in [1.807, 2.05) is 0 Å². The van der Waals surface area contributed by atoms with E-state index in [2.05, 4.69) is 10.1 Å². The lowest BCUT2D eigenvalue weighted by atomic mass is 10.0. The van der Waals surface area contributed by atoms with Gasteiger partial charge in [-0.05, 0) is 42.6 Å². The molecule has 1 aliphatic rings. The predicted molar refractivity (Wildman–Crippen MR) is 89.3 cm³/mol. The summed E-state index contributed by atoms with van der Waals surface area (Å²) in [5.41, 5.74) is -1.03. The van der Waals surface area contributed by atoms with Gasteiger partial charge in [-0.25, -0.2) is 4.79 Å². The van der Waals surface area contributed by atoms with Crippen molar-refractivity contribution >= 4 is 29.1 Å². The third-order valence-electron chi connectivity index (χ3n) is 3.99. The highest BCUT2D eigenvalue weighted by Crippen LogP contribution is 2.32. The van der Waals surface area contributed by atoms with Crippen LogP contribution in [-0.2, 0) is 10.3 Å². The van der Waals surface area contributed by atoms with Gasteiger partial charge < -0.3 is 10.1 Å². The van der Waals surface area contributed by atoms with Crippen LogP contribution in [0.25, 0.3) is 0 Å². The van der Waals surface area contributed by atoms with Crippen molar-refractivity contribution in [3.63, 3.8) is 0 Å². The first-order valence-corrected chi connectivity index (χ1v) is 8.45. The quantitative estimate of drug-likeness (QED) is 0.618. The third-order valence-corrected chi connectivity index (χ3v) is 5.08. The van der Waals surface area contributed by atoms with E-state index in [1.165, 1.54) is 35.6 Å². The SMILES string of the molecule is CC1(c2cccs2)NC(=O)N(CC(=O)c2ccc(OC(F)F)cc2)C1=O. The van der Waals surface area contributed by atoms with Gasteiger partial charge in [-0.2, -0.15) is 8.78 Å². The van der Waals surface area contributed by atoms with Crippen LogP contribution >= 0.6 is 11.3 Å². The molecule has 6 nitrogen and oxygen atoms in total. The maximum atomic E-state index is 12.7. The summed E-state index contributed by atoms with van der Waals surface area (Å²) in [6, 6.07) is 7.89. The summed E-state index contributed by atoms with van der Waals surface area (Å²) in [4.78, 5) is 38.7. The Hall–Kier alpha value is -2.81. The maximum absolute atomic E-state index is 12.7. The fourth-order valence-electron chi connectivity index (χ4n) is 2.63. The van der Waals surface area contributed by atoms with E-state index in [-0.39, 0.29) is 11.3 Å². The van der Waals surface area contributed by atoms with Gasteiger partial charge >= 0.3 is 12.6 Å². The van der Waals surface area contributed by atoms with Gasteiger partial charge in [0.1, 0.15) is 5.75 Å². The number of imide groups is 1. The second-order valence-electron chi connectivity index (χ2n) is 5.75. The van der Waals surface area contributed by atoms with Crippen molar-refractivity contribution < 1.29 is 27.9 Å². The molecule has 1 aliphatic heterocycles. The van der Waals surface area contributed by atoms with Crippen molar-refractivity contribution in [1.82, 2.24) is 10.2 Å². The van der Waals surface area contributed by atoms with E-state index in [1.54, 1.807) is 24.4 Å². The van der Waals surface area contributed by atoms with Crippen LogP contribution in [0.2, 0.25) is 0 Å². The van der Waals surface area contributed by atoms with Crippen LogP contribution in [0.5, 0.6) is 5.75 Å². The Kier molecular flexibility index (Phi) is 4.73. The molecule has 1 unspecified atom stereocenters. The van der Waals surface area contributed by atoms with Crippen LogP contribution in [0, 0.1) is 0 Å². The molecule has 3 rings (SSSR count). The summed E-state index contributed by atoms with van der Waals surface area (Å²) >= 11 is 1.33. The molecular formula is C17H14F2N2O4S. The zero-order chi connectivity index (χ0) is 18.9. The minimum absolute atomic E-state index is 0.0863. The number of rotatable bonds is 6. The summed E-state index contributed by atoms with van der Waals surface area (Å²) in [5, 5.41) is 4.40. The van der Waals surface area contributed by atoms with E-state index in [0.29, 0.717) is 4.88 Å². The molecule has 1 saturated heterocycles. The molecule has 1 aromatic heterocycles. The normalized spacial score (nSPS) is 19.8. The smallest absolute Gasteiger partial charge is 0.387 e. The predicted octanol–water partition coefficient (Wildman–Crippen LogP) is 3.00. The number of thiophene rings is 1. The van der Waals surface area contributed by atoms with Crippen molar-refractivity contribution in [3.05, 3.63) is 52.2 Å². The number of ketones is 1. The second kappa shape index (κ2) is 6.83. The van der Waals surface area contributed by atoms with Gasteiger partial charge in [0.05, 0.1) is 6.54 Å². The van der Waals surface area contributed by atoms with Crippen LogP contribution in [-0.4, -0.2) is 35.8 Å². The van der Waals surface area contributed by atoms with E-state index in [0.717, 1.165) is 4.90 Å². The first-order valence-electron chi connectivity index (χ1n) is 7.57. The number of urea groups is 1. The molecule has 9 heteroatoms. The average molecular weight is 380 g/mol. The van der Waals surface area contributed by atoms with Crippen LogP contribution in [0.1, 0.15) is 22.2 Å². The lowest BCUT2D eigenvalue weighted by Crippen LogP contribution is -2.40. The number of ether oxygens (including phenoxy) is 1. The van der Waals surface area contributed by atoms with Gasteiger partial charge in [0.15, 0.2) is 11.3 Å². The number of hydrogen-bond acceptors (Lipinski definition) is 5. The Bertz CT molecular complexity index is 839. The number of carbonyl (C=O) groups is 3. The molecule has 0 saturated carbocycles. The van der Waals surface area contributed by atoms with Crippen LogP contribution < -0.4 is 10.1 Å². The zero-order valence-corrected chi connectivity index (χ0v) is 14.4. The molecule has 1 N–H and O–H groups in total. The highest BCUT2D eigenvalue weighted by atomic mass is 32.1. The summed E-state index contributed by atoms with van der Waals surface area (Å²) < 4.78 is 28.5. The molecule has 1 atom stereocenters. The molecule has 0 radical (unpaired) electrons. The molecule has 26 heavy (non-hydrogen) atoms. The van der Waals surface area contributed by atoms with E-state index >= 15 is 0 Å². The molecule has 2 heterocycles. The number of alkyl halides is 2. The first kappa shape index (κ1) is 18.0. The van der Waals surface area contributed by atoms with Crippen molar-refractivity contribution in [2.45, 2.75) is 19.1 Å². The largest absolute Gasteiger partial charge is 0.435 e. The molecular weight excluding hydrogens is 366 g/mol. The molecule has 136 valence electrons. The summed E-state index contributed by atoms with van der Waals surface area (Å²) in [7, 11) is 0. The van der Waals surface area contributed by atoms with E-state index in [9.17, 15) is 23.2 Å². The fourth-order valence-corrected chi connectivity index (χ4v) is 3.46. The maximum Gasteiger partial charge on any atom is 0.387 e. The summed E-state index contributed by atoms with van der Waals surface area (Å²) in [6.07, 6.45) is 0. The number of amides is 3. The number of nitrogens with one attached hydrogen (secondary N) is 1. The molecule has 1 fully saturated rings. The molecule has 2 aromatic rings. The minimum atomic E-state index is -2.96. The number of halogens is 2. The van der Waals surface area contributed by atoms with Crippen molar-refractivity contribution in [2.24, 2.45) is 0 Å². The second-order valence-corrected chi connectivity index (χ2v) is 6.70. The number of hydrogen-bond donors (Lipinski definition) is 1. The first-order chi connectivity index (χ1) is 12.3. The van der Waals surface area contributed by atoms with Crippen LogP contribution in [0.3, 0.4) is 0 Å². The zero-order valence-electron chi connectivity index (χ0n) is 13.6. The monoisotopic (exact) mass is 380 g/mol. The number of Topliss-reactive ketones (excluding diaryl/α,β-unsaturated/α-hetero) is 1. The van der Waals surface area contributed by atoms with Crippen LogP contribution in [0.4, 0.5) is 13.6 Å². The Morgan fingerprint density at radius 3 is 2.54 bits per heavy atom. The highest BCUT2D eigenvalue weighted by molar-refractivity contribution is 7.10. The van der Waals surface area contributed by atoms with Gasteiger partial charge in [-0.15, -0.1) is 11.3 Å². The molecule has 1 aromatic carbocycles. The Labute approximate surface area is 151 Å². The van der Waals surface area contributed by atoms with Gasteiger partial charge in [-0.3, -0.25) is 14.5 Å². The van der Waals surface area contributed by atoms with E-state index in [4.69, 9.17) is 0 Å². The fraction of sp³-hybridized carbons (Fsp3) is 0.235. The van der Waals surface area contributed by atoms with Gasteiger partial charge in [0.2, 0.25) is 0 Å². The van der Waals surface area contributed by atoms with Gasteiger partial charge in [-0.1, -0.05) is 6.07 Å². The van der Waals surface area contributed by atoms with Gasteiger partial charge in [0.25, 0.3) is 5.91 Å².